The Kier molecular flexibility index (Phi) is 3.88. The molecule has 0 saturated carbocycles. The van der Waals surface area contributed by atoms with Gasteiger partial charge in [0.15, 0.2) is 0 Å². The van der Waals surface area contributed by atoms with E-state index in [1.807, 2.05) is 55.5 Å². The van der Waals surface area contributed by atoms with Crippen molar-refractivity contribution >= 4 is 26.5 Å². The highest BCUT2D eigenvalue weighted by Gasteiger charge is 2.30. The van der Waals surface area contributed by atoms with Crippen molar-refractivity contribution in [3.05, 3.63) is 66.2 Å². The van der Waals surface area contributed by atoms with Gasteiger partial charge in [0.05, 0.1) is 17.2 Å². The van der Waals surface area contributed by atoms with E-state index in [9.17, 15) is 8.42 Å². The molecule has 1 aliphatic heterocycles. The minimum Gasteiger partial charge on any atom is -0.494 e. The fraction of sp³-hybridized carbons (Fsp3) is 0.200. The van der Waals surface area contributed by atoms with Crippen LogP contribution in [-0.4, -0.2) is 21.6 Å². The summed E-state index contributed by atoms with van der Waals surface area (Å²) in [6.07, 6.45) is 0.751. The van der Waals surface area contributed by atoms with Crippen molar-refractivity contribution in [1.29, 1.82) is 0 Å². The summed E-state index contributed by atoms with van der Waals surface area (Å²) >= 11 is 0. The first-order valence-electron chi connectivity index (χ1n) is 8.37. The summed E-state index contributed by atoms with van der Waals surface area (Å²) in [5.74, 6) is 0.791. The third-order valence-electron chi connectivity index (χ3n) is 4.53. The first-order chi connectivity index (χ1) is 12.1. The predicted octanol–water partition coefficient (Wildman–Crippen LogP) is 3.99. The molecule has 0 aromatic heterocycles. The zero-order chi connectivity index (χ0) is 17.4. The third kappa shape index (κ3) is 2.74. The smallest absolute Gasteiger partial charge is 0.264 e. The minimum absolute atomic E-state index is 0.320. The Labute approximate surface area is 147 Å². The lowest BCUT2D eigenvalue weighted by atomic mass is 10.1. The Balaban J connectivity index is 1.75. The summed E-state index contributed by atoms with van der Waals surface area (Å²) in [7, 11) is -3.56. The molecule has 0 spiro atoms. The van der Waals surface area contributed by atoms with Crippen LogP contribution in [0, 0.1) is 0 Å². The van der Waals surface area contributed by atoms with Crippen LogP contribution in [0.1, 0.15) is 12.5 Å². The van der Waals surface area contributed by atoms with Crippen LogP contribution >= 0.6 is 0 Å². The molecule has 1 aliphatic rings. The van der Waals surface area contributed by atoms with E-state index in [1.54, 1.807) is 12.1 Å². The van der Waals surface area contributed by atoms with Gasteiger partial charge in [-0.1, -0.05) is 30.3 Å². The number of nitrogens with zero attached hydrogens (tertiary/aromatic N) is 1. The normalized spacial score (nSPS) is 13.9. The number of hydrogen-bond donors (Lipinski definition) is 0. The lowest BCUT2D eigenvalue weighted by Crippen LogP contribution is -2.29. The summed E-state index contributed by atoms with van der Waals surface area (Å²) in [5, 5.41) is 1.85. The summed E-state index contributed by atoms with van der Waals surface area (Å²) in [4.78, 5) is 0.320. The minimum atomic E-state index is -3.56. The van der Waals surface area contributed by atoms with E-state index in [0.717, 1.165) is 34.2 Å². The van der Waals surface area contributed by atoms with Crippen molar-refractivity contribution < 1.29 is 13.2 Å². The van der Waals surface area contributed by atoms with E-state index in [4.69, 9.17) is 4.74 Å². The standard InChI is InChI=1S/C20H19NO3S/c1-2-24-18-9-7-17-14-19(10-8-16(17)13-18)25(22,23)21-12-11-15-5-3-4-6-20(15)21/h3-10,13-14H,2,11-12H2,1H3. The Hall–Kier alpha value is -2.53. The summed E-state index contributed by atoms with van der Waals surface area (Å²) in [6.45, 7) is 3.03. The average molecular weight is 353 g/mol. The molecule has 3 aromatic carbocycles. The first kappa shape index (κ1) is 16.0. The molecule has 0 saturated heterocycles. The SMILES string of the molecule is CCOc1ccc2cc(S(=O)(=O)N3CCc4ccccc43)ccc2c1. The predicted molar refractivity (Wildman–Crippen MR) is 99.8 cm³/mol. The Morgan fingerprint density at radius 2 is 1.76 bits per heavy atom. The van der Waals surface area contributed by atoms with Gasteiger partial charge in [-0.2, -0.15) is 0 Å². The van der Waals surface area contributed by atoms with Gasteiger partial charge in [-0.25, -0.2) is 8.42 Å². The second-order valence-electron chi connectivity index (χ2n) is 6.06. The molecule has 0 fully saturated rings. The molecule has 5 heteroatoms. The van der Waals surface area contributed by atoms with Gasteiger partial charge in [-0.15, -0.1) is 0 Å². The highest BCUT2D eigenvalue weighted by atomic mass is 32.2. The van der Waals surface area contributed by atoms with E-state index in [-0.39, 0.29) is 0 Å². The number of para-hydroxylation sites is 1. The largest absolute Gasteiger partial charge is 0.494 e. The number of benzene rings is 3. The first-order valence-corrected chi connectivity index (χ1v) is 9.81. The van der Waals surface area contributed by atoms with Crippen LogP contribution in [0.15, 0.2) is 65.6 Å². The lowest BCUT2D eigenvalue weighted by Gasteiger charge is -2.20. The summed E-state index contributed by atoms with van der Waals surface area (Å²) in [5.41, 5.74) is 1.86. The molecule has 0 N–H and O–H groups in total. The number of anilines is 1. The maximum atomic E-state index is 13.1. The molecule has 0 radical (unpaired) electrons. The molecule has 4 nitrogen and oxygen atoms in total. The highest BCUT2D eigenvalue weighted by molar-refractivity contribution is 7.92. The van der Waals surface area contributed by atoms with E-state index in [1.165, 1.54) is 4.31 Å². The molecule has 0 aliphatic carbocycles. The van der Waals surface area contributed by atoms with Crippen LogP contribution in [0.3, 0.4) is 0 Å². The van der Waals surface area contributed by atoms with Crippen LogP contribution in [-0.2, 0) is 16.4 Å². The monoisotopic (exact) mass is 353 g/mol. The molecule has 0 amide bonds. The molecule has 0 unspecified atom stereocenters. The lowest BCUT2D eigenvalue weighted by molar-refractivity contribution is 0.341. The second-order valence-corrected chi connectivity index (χ2v) is 7.92. The summed E-state index contributed by atoms with van der Waals surface area (Å²) < 4.78 is 33.2. The fourth-order valence-electron chi connectivity index (χ4n) is 3.30. The van der Waals surface area contributed by atoms with Gasteiger partial charge in [0.2, 0.25) is 0 Å². The van der Waals surface area contributed by atoms with Gasteiger partial charge in [-0.05, 0) is 60.0 Å². The van der Waals surface area contributed by atoms with Crippen molar-refractivity contribution in [2.24, 2.45) is 0 Å². The zero-order valence-electron chi connectivity index (χ0n) is 14.0. The Morgan fingerprint density at radius 3 is 2.60 bits per heavy atom. The molecule has 128 valence electrons. The van der Waals surface area contributed by atoms with Crippen molar-refractivity contribution in [3.8, 4) is 5.75 Å². The van der Waals surface area contributed by atoms with E-state index < -0.39 is 10.0 Å². The van der Waals surface area contributed by atoms with E-state index >= 15 is 0 Å². The van der Waals surface area contributed by atoms with Gasteiger partial charge in [-0.3, -0.25) is 4.31 Å². The zero-order valence-corrected chi connectivity index (χ0v) is 14.8. The van der Waals surface area contributed by atoms with E-state index in [0.29, 0.717) is 18.0 Å². The molecule has 0 bridgehead atoms. The number of fused-ring (bicyclic) bond motifs is 2. The number of hydrogen-bond acceptors (Lipinski definition) is 3. The molecular weight excluding hydrogens is 334 g/mol. The van der Waals surface area contributed by atoms with Crippen molar-refractivity contribution in [2.45, 2.75) is 18.2 Å². The van der Waals surface area contributed by atoms with Crippen LogP contribution in [0.5, 0.6) is 5.75 Å². The van der Waals surface area contributed by atoms with E-state index in [2.05, 4.69) is 0 Å². The number of sulfonamides is 1. The number of ether oxygens (including phenoxy) is 1. The summed E-state index contributed by atoms with van der Waals surface area (Å²) in [6, 6.07) is 18.6. The van der Waals surface area contributed by atoms with Crippen molar-refractivity contribution in [2.75, 3.05) is 17.5 Å². The van der Waals surface area contributed by atoms with Crippen molar-refractivity contribution in [3.63, 3.8) is 0 Å². The molecular formula is C20H19NO3S. The van der Waals surface area contributed by atoms with Gasteiger partial charge in [0, 0.05) is 6.54 Å². The van der Waals surface area contributed by atoms with Gasteiger partial charge >= 0.3 is 0 Å². The maximum Gasteiger partial charge on any atom is 0.264 e. The molecule has 3 aromatic rings. The van der Waals surface area contributed by atoms with Crippen LogP contribution in [0.25, 0.3) is 10.8 Å². The molecule has 4 rings (SSSR count). The highest BCUT2D eigenvalue weighted by Crippen LogP contribution is 2.33. The van der Waals surface area contributed by atoms with Gasteiger partial charge < -0.3 is 4.74 Å². The second kappa shape index (κ2) is 6.08. The molecule has 1 heterocycles. The maximum absolute atomic E-state index is 13.1. The van der Waals surface area contributed by atoms with Crippen LogP contribution in [0.2, 0.25) is 0 Å². The Morgan fingerprint density at radius 1 is 1.00 bits per heavy atom. The fourth-order valence-corrected chi connectivity index (χ4v) is 4.84. The van der Waals surface area contributed by atoms with Crippen molar-refractivity contribution in [1.82, 2.24) is 0 Å². The molecule has 0 atom stereocenters. The van der Waals surface area contributed by atoms with Gasteiger partial charge in [0.25, 0.3) is 10.0 Å². The third-order valence-corrected chi connectivity index (χ3v) is 6.34. The van der Waals surface area contributed by atoms with Crippen LogP contribution < -0.4 is 9.04 Å². The average Bonchev–Trinajstić information content (AvgIpc) is 3.06. The molecule has 25 heavy (non-hydrogen) atoms. The van der Waals surface area contributed by atoms with Gasteiger partial charge in [0.1, 0.15) is 5.75 Å². The van der Waals surface area contributed by atoms with Crippen LogP contribution in [0.4, 0.5) is 5.69 Å². The topological polar surface area (TPSA) is 46.6 Å². The quantitative estimate of drug-likeness (QED) is 0.712. The number of rotatable bonds is 4. The Bertz CT molecular complexity index is 1040.